The summed E-state index contributed by atoms with van der Waals surface area (Å²) in [4.78, 5) is 0. The molecule has 0 bridgehead atoms. The van der Waals surface area contributed by atoms with Gasteiger partial charge >= 0.3 is 0 Å². The van der Waals surface area contributed by atoms with Crippen LogP contribution in [0.5, 0.6) is 0 Å². The fourth-order valence-corrected chi connectivity index (χ4v) is 1.33. The fourth-order valence-electron chi connectivity index (χ4n) is 1.33. The largest absolute Gasteiger partial charge is 0.396 e. The lowest BCUT2D eigenvalue weighted by Crippen LogP contribution is -2.23. The summed E-state index contributed by atoms with van der Waals surface area (Å²) in [6, 6.07) is 0. The summed E-state index contributed by atoms with van der Waals surface area (Å²) in [5, 5.41) is 28.0. The maximum Gasteiger partial charge on any atom is 0.0795 e. The molecular formula is C11H22O3. The zero-order valence-electron chi connectivity index (χ0n) is 9.27. The van der Waals surface area contributed by atoms with E-state index in [9.17, 15) is 10.2 Å². The van der Waals surface area contributed by atoms with Crippen LogP contribution in [0, 0.1) is 5.92 Å². The molecule has 0 aromatic heterocycles. The molecule has 0 unspecified atom stereocenters. The maximum atomic E-state index is 9.66. The van der Waals surface area contributed by atoms with Gasteiger partial charge in [-0.1, -0.05) is 26.3 Å². The molecule has 0 fully saturated rings. The first kappa shape index (κ1) is 13.6. The minimum absolute atomic E-state index is 0.0454. The van der Waals surface area contributed by atoms with Crippen molar-refractivity contribution in [2.45, 2.75) is 45.8 Å². The second-order valence-electron chi connectivity index (χ2n) is 3.87. The third-order valence-electron chi connectivity index (χ3n) is 2.33. The quantitative estimate of drug-likeness (QED) is 0.565. The van der Waals surface area contributed by atoms with Gasteiger partial charge in [0.25, 0.3) is 0 Å². The van der Waals surface area contributed by atoms with Gasteiger partial charge in [0.2, 0.25) is 0 Å². The van der Waals surface area contributed by atoms with Crippen LogP contribution >= 0.6 is 0 Å². The SMILES string of the molecule is CCC[C@@H](O)/C=C(\C)[C@H](O)[C@H](C)CO. The van der Waals surface area contributed by atoms with Crippen LogP contribution in [0.1, 0.15) is 33.6 Å². The number of aliphatic hydroxyl groups is 3. The van der Waals surface area contributed by atoms with Crippen molar-refractivity contribution >= 4 is 0 Å². The lowest BCUT2D eigenvalue weighted by atomic mass is 9.97. The van der Waals surface area contributed by atoms with E-state index in [4.69, 9.17) is 5.11 Å². The lowest BCUT2D eigenvalue weighted by molar-refractivity contribution is 0.101. The van der Waals surface area contributed by atoms with Crippen molar-refractivity contribution in [1.29, 1.82) is 0 Å². The molecule has 0 heterocycles. The Morgan fingerprint density at radius 3 is 2.36 bits per heavy atom. The van der Waals surface area contributed by atoms with Gasteiger partial charge < -0.3 is 15.3 Å². The predicted octanol–water partition coefficient (Wildman–Crippen LogP) is 1.08. The van der Waals surface area contributed by atoms with Crippen molar-refractivity contribution in [3.05, 3.63) is 11.6 Å². The molecular weight excluding hydrogens is 180 g/mol. The highest BCUT2D eigenvalue weighted by Crippen LogP contribution is 2.13. The maximum absolute atomic E-state index is 9.66. The summed E-state index contributed by atoms with van der Waals surface area (Å²) in [5.41, 5.74) is 0.729. The van der Waals surface area contributed by atoms with E-state index in [-0.39, 0.29) is 12.5 Å². The molecule has 0 saturated heterocycles. The molecule has 14 heavy (non-hydrogen) atoms. The number of aliphatic hydroxyl groups excluding tert-OH is 3. The summed E-state index contributed by atoms with van der Waals surface area (Å²) in [5.74, 6) is -0.180. The average molecular weight is 202 g/mol. The standard InChI is InChI=1S/C11H22O3/c1-4-5-10(13)6-8(2)11(14)9(3)7-12/h6,9-14H,4-5,7H2,1-3H3/b8-6+/t9-,10-,11+/m1/s1. The Labute approximate surface area is 86.1 Å². The summed E-state index contributed by atoms with van der Waals surface area (Å²) < 4.78 is 0. The normalized spacial score (nSPS) is 19.1. The van der Waals surface area contributed by atoms with Crippen molar-refractivity contribution in [3.63, 3.8) is 0 Å². The van der Waals surface area contributed by atoms with Crippen molar-refractivity contribution in [2.75, 3.05) is 6.61 Å². The first-order valence-electron chi connectivity index (χ1n) is 5.18. The molecule has 0 saturated carbocycles. The third-order valence-corrected chi connectivity index (χ3v) is 2.33. The van der Waals surface area contributed by atoms with Crippen molar-refractivity contribution in [2.24, 2.45) is 5.92 Å². The van der Waals surface area contributed by atoms with E-state index < -0.39 is 12.2 Å². The van der Waals surface area contributed by atoms with E-state index in [1.807, 2.05) is 6.92 Å². The van der Waals surface area contributed by atoms with Crippen molar-refractivity contribution in [3.8, 4) is 0 Å². The highest BCUT2D eigenvalue weighted by atomic mass is 16.3. The zero-order chi connectivity index (χ0) is 11.1. The van der Waals surface area contributed by atoms with Crippen LogP contribution in [0.2, 0.25) is 0 Å². The molecule has 84 valence electrons. The van der Waals surface area contributed by atoms with Crippen LogP contribution in [0.4, 0.5) is 0 Å². The number of rotatable bonds is 6. The van der Waals surface area contributed by atoms with Crippen LogP contribution in [-0.2, 0) is 0 Å². The Kier molecular flexibility index (Phi) is 6.79. The monoisotopic (exact) mass is 202 g/mol. The van der Waals surface area contributed by atoms with Crippen LogP contribution in [0.15, 0.2) is 11.6 Å². The Balaban J connectivity index is 4.21. The molecule has 3 nitrogen and oxygen atoms in total. The Hall–Kier alpha value is -0.380. The first-order valence-corrected chi connectivity index (χ1v) is 5.18. The number of hydrogen-bond donors (Lipinski definition) is 3. The van der Waals surface area contributed by atoms with Gasteiger partial charge in [-0.05, 0) is 18.9 Å². The molecule has 3 atom stereocenters. The molecule has 0 radical (unpaired) electrons. The molecule has 3 N–H and O–H groups in total. The van der Waals surface area contributed by atoms with Gasteiger partial charge in [0.1, 0.15) is 0 Å². The minimum Gasteiger partial charge on any atom is -0.396 e. The molecule has 3 heteroatoms. The van der Waals surface area contributed by atoms with E-state index in [0.29, 0.717) is 6.42 Å². The van der Waals surface area contributed by atoms with Crippen LogP contribution in [0.3, 0.4) is 0 Å². The van der Waals surface area contributed by atoms with Gasteiger partial charge in [-0.25, -0.2) is 0 Å². The van der Waals surface area contributed by atoms with E-state index in [1.54, 1.807) is 19.9 Å². The molecule has 0 aliphatic rings. The van der Waals surface area contributed by atoms with Gasteiger partial charge in [0, 0.05) is 12.5 Å². The second kappa shape index (κ2) is 6.98. The Bertz CT molecular complexity index is 177. The highest BCUT2D eigenvalue weighted by Gasteiger charge is 2.15. The smallest absolute Gasteiger partial charge is 0.0795 e. The molecule has 0 rings (SSSR count). The van der Waals surface area contributed by atoms with E-state index in [2.05, 4.69) is 0 Å². The molecule has 0 aromatic carbocycles. The molecule has 0 aliphatic carbocycles. The van der Waals surface area contributed by atoms with Gasteiger partial charge in [-0.2, -0.15) is 0 Å². The van der Waals surface area contributed by atoms with Crippen molar-refractivity contribution < 1.29 is 15.3 Å². The summed E-state index contributed by atoms with van der Waals surface area (Å²) in [6.07, 6.45) is 2.14. The van der Waals surface area contributed by atoms with E-state index >= 15 is 0 Å². The molecule has 0 aromatic rings. The summed E-state index contributed by atoms with van der Waals surface area (Å²) in [6.45, 7) is 5.50. The van der Waals surface area contributed by atoms with Crippen LogP contribution in [-0.4, -0.2) is 34.1 Å². The highest BCUT2D eigenvalue weighted by molar-refractivity contribution is 5.08. The van der Waals surface area contributed by atoms with E-state index in [0.717, 1.165) is 12.0 Å². The molecule has 0 amide bonds. The first-order chi connectivity index (χ1) is 6.52. The topological polar surface area (TPSA) is 60.7 Å². The van der Waals surface area contributed by atoms with Gasteiger partial charge in [-0.15, -0.1) is 0 Å². The zero-order valence-corrected chi connectivity index (χ0v) is 9.27. The van der Waals surface area contributed by atoms with Crippen LogP contribution < -0.4 is 0 Å². The summed E-state index contributed by atoms with van der Waals surface area (Å²) >= 11 is 0. The fraction of sp³-hybridized carbons (Fsp3) is 0.818. The van der Waals surface area contributed by atoms with Gasteiger partial charge in [-0.3, -0.25) is 0 Å². The Morgan fingerprint density at radius 2 is 1.93 bits per heavy atom. The predicted molar refractivity (Wildman–Crippen MR) is 56.9 cm³/mol. The van der Waals surface area contributed by atoms with E-state index in [1.165, 1.54) is 0 Å². The number of hydrogen-bond acceptors (Lipinski definition) is 3. The molecule has 0 spiro atoms. The Morgan fingerprint density at radius 1 is 1.36 bits per heavy atom. The third kappa shape index (κ3) is 4.74. The van der Waals surface area contributed by atoms with Gasteiger partial charge in [0.15, 0.2) is 0 Å². The lowest BCUT2D eigenvalue weighted by Gasteiger charge is -2.18. The van der Waals surface area contributed by atoms with Crippen LogP contribution in [0.25, 0.3) is 0 Å². The average Bonchev–Trinajstić information content (AvgIpc) is 2.15. The van der Waals surface area contributed by atoms with Gasteiger partial charge in [0.05, 0.1) is 12.2 Å². The molecule has 0 aliphatic heterocycles. The van der Waals surface area contributed by atoms with Crippen molar-refractivity contribution in [1.82, 2.24) is 0 Å². The minimum atomic E-state index is -0.661. The summed E-state index contributed by atoms with van der Waals surface area (Å²) in [7, 11) is 0. The second-order valence-corrected chi connectivity index (χ2v) is 3.87.